The van der Waals surface area contributed by atoms with E-state index in [2.05, 4.69) is 6.07 Å². The van der Waals surface area contributed by atoms with Crippen molar-refractivity contribution in [2.45, 2.75) is 6.18 Å². The van der Waals surface area contributed by atoms with Gasteiger partial charge in [0.25, 0.3) is 0 Å². The van der Waals surface area contributed by atoms with Crippen molar-refractivity contribution in [2.75, 3.05) is 5.73 Å². The lowest BCUT2D eigenvalue weighted by Gasteiger charge is -2.13. The van der Waals surface area contributed by atoms with Crippen molar-refractivity contribution in [3.8, 4) is 11.1 Å². The van der Waals surface area contributed by atoms with E-state index in [4.69, 9.17) is 5.73 Å². The summed E-state index contributed by atoms with van der Waals surface area (Å²) < 4.78 is 38.4. The summed E-state index contributed by atoms with van der Waals surface area (Å²) in [6, 6.07) is 12.7. The highest BCUT2D eigenvalue weighted by Gasteiger charge is 2.33. The predicted molar refractivity (Wildman–Crippen MR) is 60.1 cm³/mol. The lowest BCUT2D eigenvalue weighted by Crippen LogP contribution is -2.07. The third-order valence-electron chi connectivity index (χ3n) is 2.42. The number of rotatable bonds is 1. The molecule has 2 aromatic carbocycles. The van der Waals surface area contributed by atoms with Crippen LogP contribution in [0.25, 0.3) is 11.1 Å². The maximum atomic E-state index is 12.8. The van der Waals surface area contributed by atoms with Crippen LogP contribution in [0.2, 0.25) is 0 Å². The van der Waals surface area contributed by atoms with Crippen LogP contribution in [0, 0.1) is 6.07 Å². The zero-order valence-electron chi connectivity index (χ0n) is 8.75. The Balaban J connectivity index is 2.65. The Hall–Kier alpha value is -1.97. The Morgan fingerprint density at radius 2 is 1.71 bits per heavy atom. The SMILES string of the molecule is Nc1ccccc1-c1cc[c]cc1C(F)(F)F. The minimum absolute atomic E-state index is 0.0781. The van der Waals surface area contributed by atoms with Crippen molar-refractivity contribution in [2.24, 2.45) is 0 Å². The molecule has 2 N–H and O–H groups in total. The van der Waals surface area contributed by atoms with Gasteiger partial charge in [0, 0.05) is 11.3 Å². The molecular weight excluding hydrogens is 227 g/mol. The van der Waals surface area contributed by atoms with Gasteiger partial charge < -0.3 is 5.73 Å². The van der Waals surface area contributed by atoms with Crippen LogP contribution in [-0.2, 0) is 6.18 Å². The summed E-state index contributed by atoms with van der Waals surface area (Å²) in [4.78, 5) is 0. The van der Waals surface area contributed by atoms with Crippen LogP contribution in [0.4, 0.5) is 18.9 Å². The molecule has 0 spiro atoms. The second-order valence-electron chi connectivity index (χ2n) is 3.56. The summed E-state index contributed by atoms with van der Waals surface area (Å²) in [5, 5.41) is 0. The van der Waals surface area contributed by atoms with E-state index in [0.717, 1.165) is 6.07 Å². The van der Waals surface area contributed by atoms with E-state index in [9.17, 15) is 13.2 Å². The fourth-order valence-electron chi connectivity index (χ4n) is 1.64. The molecule has 4 heteroatoms. The zero-order valence-corrected chi connectivity index (χ0v) is 8.75. The molecule has 0 amide bonds. The van der Waals surface area contributed by atoms with Gasteiger partial charge in [-0.3, -0.25) is 0 Å². The van der Waals surface area contributed by atoms with E-state index in [1.165, 1.54) is 12.1 Å². The molecule has 0 bridgehead atoms. The second kappa shape index (κ2) is 4.13. The molecule has 0 aliphatic carbocycles. The average Bonchev–Trinajstić information content (AvgIpc) is 2.28. The molecular formula is C13H9F3N. The molecule has 0 aliphatic rings. The standard InChI is InChI=1S/C13H9F3N/c14-13(15,16)11-7-3-1-5-9(11)10-6-2-4-8-12(10)17/h1-2,4-8H,17H2. The summed E-state index contributed by atoms with van der Waals surface area (Å²) in [5.41, 5.74) is 5.75. The number of nitrogens with two attached hydrogens (primary N) is 1. The Labute approximate surface area is 96.7 Å². The van der Waals surface area contributed by atoms with Crippen LogP contribution in [0.15, 0.2) is 42.5 Å². The largest absolute Gasteiger partial charge is 0.417 e. The molecule has 17 heavy (non-hydrogen) atoms. The molecule has 2 rings (SSSR count). The summed E-state index contributed by atoms with van der Waals surface area (Å²) in [6.07, 6.45) is -4.41. The highest BCUT2D eigenvalue weighted by atomic mass is 19.4. The van der Waals surface area contributed by atoms with E-state index in [0.29, 0.717) is 11.3 Å². The van der Waals surface area contributed by atoms with Gasteiger partial charge in [0.15, 0.2) is 0 Å². The van der Waals surface area contributed by atoms with Gasteiger partial charge in [0.1, 0.15) is 0 Å². The summed E-state index contributed by atoms with van der Waals surface area (Å²) in [7, 11) is 0. The molecule has 0 aliphatic heterocycles. The zero-order chi connectivity index (χ0) is 12.5. The lowest BCUT2D eigenvalue weighted by atomic mass is 9.98. The van der Waals surface area contributed by atoms with E-state index < -0.39 is 11.7 Å². The number of para-hydroxylation sites is 1. The first-order chi connectivity index (χ1) is 8.00. The molecule has 0 unspecified atom stereocenters. The first-order valence-electron chi connectivity index (χ1n) is 4.92. The van der Waals surface area contributed by atoms with Gasteiger partial charge in [-0.2, -0.15) is 13.2 Å². The third-order valence-corrected chi connectivity index (χ3v) is 2.42. The average molecular weight is 236 g/mol. The fourth-order valence-corrected chi connectivity index (χ4v) is 1.64. The normalized spacial score (nSPS) is 11.5. The van der Waals surface area contributed by atoms with Gasteiger partial charge in [0.2, 0.25) is 0 Å². The van der Waals surface area contributed by atoms with Gasteiger partial charge in [-0.1, -0.05) is 30.3 Å². The molecule has 0 heterocycles. The Morgan fingerprint density at radius 3 is 2.35 bits per heavy atom. The molecule has 0 atom stereocenters. The van der Waals surface area contributed by atoms with Crippen LogP contribution >= 0.6 is 0 Å². The maximum absolute atomic E-state index is 12.8. The molecule has 1 radical (unpaired) electrons. The predicted octanol–water partition coefficient (Wildman–Crippen LogP) is 3.75. The van der Waals surface area contributed by atoms with Crippen LogP contribution in [0.5, 0.6) is 0 Å². The van der Waals surface area contributed by atoms with Gasteiger partial charge in [-0.05, 0) is 23.8 Å². The van der Waals surface area contributed by atoms with E-state index >= 15 is 0 Å². The topological polar surface area (TPSA) is 26.0 Å². The van der Waals surface area contributed by atoms with Crippen molar-refractivity contribution < 1.29 is 13.2 Å². The van der Waals surface area contributed by atoms with Crippen molar-refractivity contribution in [1.82, 2.24) is 0 Å². The number of hydrogen-bond acceptors (Lipinski definition) is 1. The van der Waals surface area contributed by atoms with Crippen molar-refractivity contribution in [3.63, 3.8) is 0 Å². The number of halogens is 3. The highest BCUT2D eigenvalue weighted by molar-refractivity contribution is 5.78. The molecule has 0 saturated heterocycles. The summed E-state index contributed by atoms with van der Waals surface area (Å²) in [6.45, 7) is 0. The molecule has 2 aromatic rings. The number of nitrogen functional groups attached to an aromatic ring is 1. The van der Waals surface area contributed by atoms with Gasteiger partial charge in [0.05, 0.1) is 5.56 Å². The maximum Gasteiger partial charge on any atom is 0.417 e. The summed E-state index contributed by atoms with van der Waals surface area (Å²) in [5.74, 6) is 0. The third kappa shape index (κ3) is 2.25. The van der Waals surface area contributed by atoms with Gasteiger partial charge >= 0.3 is 6.18 Å². The Morgan fingerprint density at radius 1 is 1.00 bits per heavy atom. The van der Waals surface area contributed by atoms with Crippen molar-refractivity contribution >= 4 is 5.69 Å². The smallest absolute Gasteiger partial charge is 0.398 e. The second-order valence-corrected chi connectivity index (χ2v) is 3.56. The highest BCUT2D eigenvalue weighted by Crippen LogP contribution is 2.38. The number of alkyl halides is 3. The lowest BCUT2D eigenvalue weighted by molar-refractivity contribution is -0.137. The van der Waals surface area contributed by atoms with Gasteiger partial charge in [-0.25, -0.2) is 0 Å². The first-order valence-corrected chi connectivity index (χ1v) is 4.92. The molecule has 0 fully saturated rings. The Bertz CT molecular complexity index is 532. The van der Waals surface area contributed by atoms with Crippen molar-refractivity contribution in [1.29, 1.82) is 0 Å². The van der Waals surface area contributed by atoms with Crippen LogP contribution in [0.1, 0.15) is 5.56 Å². The molecule has 1 nitrogen and oxygen atoms in total. The van der Waals surface area contributed by atoms with E-state index in [1.54, 1.807) is 24.3 Å². The molecule has 0 saturated carbocycles. The number of benzene rings is 2. The number of anilines is 1. The monoisotopic (exact) mass is 236 g/mol. The minimum atomic E-state index is -4.41. The molecule has 87 valence electrons. The van der Waals surface area contributed by atoms with Crippen LogP contribution in [-0.4, -0.2) is 0 Å². The minimum Gasteiger partial charge on any atom is -0.398 e. The van der Waals surface area contributed by atoms with Gasteiger partial charge in [-0.15, -0.1) is 0 Å². The molecule has 0 aromatic heterocycles. The van der Waals surface area contributed by atoms with Crippen molar-refractivity contribution in [3.05, 3.63) is 54.1 Å². The van der Waals surface area contributed by atoms with E-state index in [-0.39, 0.29) is 5.56 Å². The van der Waals surface area contributed by atoms with Crippen LogP contribution < -0.4 is 5.73 Å². The number of hydrogen-bond donors (Lipinski definition) is 1. The van der Waals surface area contributed by atoms with E-state index in [1.807, 2.05) is 0 Å². The fraction of sp³-hybridized carbons (Fsp3) is 0.0769. The van der Waals surface area contributed by atoms with Crippen LogP contribution in [0.3, 0.4) is 0 Å². The quantitative estimate of drug-likeness (QED) is 0.749. The summed E-state index contributed by atoms with van der Waals surface area (Å²) >= 11 is 0. The first kappa shape index (κ1) is 11.5. The Kier molecular flexibility index (Phi) is 2.79.